The van der Waals surface area contributed by atoms with Gasteiger partial charge in [0, 0.05) is 12.0 Å². The maximum atomic E-state index is 13.2. The van der Waals surface area contributed by atoms with Crippen LogP contribution in [0.1, 0.15) is 63.3 Å². The van der Waals surface area contributed by atoms with Crippen LogP contribution >= 0.6 is 0 Å². The summed E-state index contributed by atoms with van der Waals surface area (Å²) in [6.07, 6.45) is 0.0747. The van der Waals surface area contributed by atoms with Gasteiger partial charge in [0.1, 0.15) is 11.9 Å². The minimum absolute atomic E-state index is 0.0203. The Balaban J connectivity index is 1.57. The van der Waals surface area contributed by atoms with Gasteiger partial charge in [-0.3, -0.25) is 34.2 Å². The molecule has 2 aromatic carbocycles. The van der Waals surface area contributed by atoms with Gasteiger partial charge in [0.2, 0.25) is 11.8 Å². The number of carbonyl (C=O) groups excluding carboxylic acids is 5. The number of carbonyl (C=O) groups is 5. The molecule has 9 heteroatoms. The molecule has 2 heterocycles. The molecular weight excluding hydrogens is 417 g/mol. The molecule has 0 aromatic heterocycles. The first-order chi connectivity index (χ1) is 15.1. The maximum absolute atomic E-state index is 13.2. The lowest BCUT2D eigenvalue weighted by Crippen LogP contribution is -2.54. The van der Waals surface area contributed by atoms with E-state index in [1.165, 1.54) is 30.3 Å². The predicted octanol–water partition coefficient (Wildman–Crippen LogP) is 1.89. The molecule has 1 atom stereocenters. The Bertz CT molecular complexity index is 1170. The first kappa shape index (κ1) is 21.4. The Morgan fingerprint density at radius 3 is 2.34 bits per heavy atom. The van der Waals surface area contributed by atoms with Crippen LogP contribution in [0.2, 0.25) is 0 Å². The minimum atomic E-state index is -1.07. The third kappa shape index (κ3) is 3.66. The van der Waals surface area contributed by atoms with E-state index in [0.29, 0.717) is 5.56 Å². The molecule has 164 valence electrons. The molecule has 4 rings (SSSR count). The van der Waals surface area contributed by atoms with Crippen molar-refractivity contribution in [1.82, 2.24) is 15.5 Å². The quantitative estimate of drug-likeness (QED) is 0.710. The van der Waals surface area contributed by atoms with Gasteiger partial charge < -0.3 is 5.32 Å². The van der Waals surface area contributed by atoms with Gasteiger partial charge in [-0.15, -0.1) is 0 Å². The SMILES string of the molecule is CC(C)(NC(=O)c1ccc2c(c1)C(=O)N(C1CCC(=O)NC1=O)C2=O)c1ccc(F)cc1. The van der Waals surface area contributed by atoms with Crippen molar-refractivity contribution in [3.05, 3.63) is 70.5 Å². The molecule has 1 unspecified atom stereocenters. The van der Waals surface area contributed by atoms with E-state index >= 15 is 0 Å². The van der Waals surface area contributed by atoms with Crippen LogP contribution in [0, 0.1) is 5.82 Å². The lowest BCUT2D eigenvalue weighted by atomic mass is 9.93. The van der Waals surface area contributed by atoms with Gasteiger partial charge >= 0.3 is 0 Å². The van der Waals surface area contributed by atoms with Gasteiger partial charge in [-0.2, -0.15) is 0 Å². The Kier molecular flexibility index (Phi) is 5.12. The molecule has 2 N–H and O–H groups in total. The molecular formula is C23H20FN3O5. The van der Waals surface area contributed by atoms with E-state index in [-0.39, 0.29) is 29.5 Å². The Hall–Kier alpha value is -3.88. The molecule has 5 amide bonds. The van der Waals surface area contributed by atoms with Crippen LogP contribution in [0.25, 0.3) is 0 Å². The average molecular weight is 437 g/mol. The molecule has 0 bridgehead atoms. The van der Waals surface area contributed by atoms with Crippen molar-refractivity contribution < 1.29 is 28.4 Å². The van der Waals surface area contributed by atoms with Gasteiger partial charge in [-0.05, 0) is 56.2 Å². The van der Waals surface area contributed by atoms with Gasteiger partial charge in [0.05, 0.1) is 16.7 Å². The minimum Gasteiger partial charge on any atom is -0.343 e. The molecule has 2 aromatic rings. The normalized spacial score (nSPS) is 18.5. The number of hydrogen-bond acceptors (Lipinski definition) is 5. The zero-order valence-corrected chi connectivity index (χ0v) is 17.4. The second kappa shape index (κ2) is 7.67. The number of fused-ring (bicyclic) bond motifs is 1. The van der Waals surface area contributed by atoms with Crippen molar-refractivity contribution in [2.75, 3.05) is 0 Å². The van der Waals surface area contributed by atoms with Gasteiger partial charge in [0.15, 0.2) is 0 Å². The van der Waals surface area contributed by atoms with Gasteiger partial charge in [-0.25, -0.2) is 4.39 Å². The summed E-state index contributed by atoms with van der Waals surface area (Å²) in [6, 6.07) is 8.78. The third-order valence-corrected chi connectivity index (χ3v) is 5.69. The highest BCUT2D eigenvalue weighted by atomic mass is 19.1. The van der Waals surface area contributed by atoms with Crippen LogP contribution in [0.4, 0.5) is 4.39 Å². The molecule has 2 aliphatic heterocycles. The molecule has 1 fully saturated rings. The molecule has 8 nitrogen and oxygen atoms in total. The molecule has 1 saturated heterocycles. The van der Waals surface area contributed by atoms with Crippen molar-refractivity contribution in [2.24, 2.45) is 0 Å². The Morgan fingerprint density at radius 1 is 1.03 bits per heavy atom. The number of nitrogens with zero attached hydrogens (tertiary/aromatic N) is 1. The second-order valence-corrected chi connectivity index (χ2v) is 8.29. The molecule has 0 saturated carbocycles. The number of benzene rings is 2. The topological polar surface area (TPSA) is 113 Å². The Labute approximate surface area is 182 Å². The summed E-state index contributed by atoms with van der Waals surface area (Å²) in [6.45, 7) is 3.51. The van der Waals surface area contributed by atoms with E-state index in [9.17, 15) is 28.4 Å². The zero-order valence-electron chi connectivity index (χ0n) is 17.4. The average Bonchev–Trinajstić information content (AvgIpc) is 2.98. The summed E-state index contributed by atoms with van der Waals surface area (Å²) in [7, 11) is 0. The molecule has 2 aliphatic rings. The molecule has 0 spiro atoms. The van der Waals surface area contributed by atoms with Crippen molar-refractivity contribution in [2.45, 2.75) is 38.3 Å². The van der Waals surface area contributed by atoms with Crippen molar-refractivity contribution >= 4 is 29.5 Å². The lowest BCUT2D eigenvalue weighted by Gasteiger charge is -2.27. The van der Waals surface area contributed by atoms with E-state index in [1.54, 1.807) is 26.0 Å². The first-order valence-corrected chi connectivity index (χ1v) is 10.0. The monoisotopic (exact) mass is 437 g/mol. The van der Waals surface area contributed by atoms with Gasteiger partial charge in [-0.1, -0.05) is 12.1 Å². The van der Waals surface area contributed by atoms with E-state index < -0.39 is 46.9 Å². The van der Waals surface area contributed by atoms with Crippen LogP contribution in [0.3, 0.4) is 0 Å². The fraction of sp³-hybridized carbons (Fsp3) is 0.261. The number of nitrogens with one attached hydrogen (secondary N) is 2. The number of halogens is 1. The number of amides is 5. The zero-order chi connectivity index (χ0) is 23.2. The first-order valence-electron chi connectivity index (χ1n) is 10.0. The highest BCUT2D eigenvalue weighted by molar-refractivity contribution is 6.24. The van der Waals surface area contributed by atoms with E-state index in [0.717, 1.165) is 4.90 Å². The number of rotatable bonds is 4. The van der Waals surface area contributed by atoms with Gasteiger partial charge in [0.25, 0.3) is 17.7 Å². The van der Waals surface area contributed by atoms with E-state index in [2.05, 4.69) is 10.6 Å². The lowest BCUT2D eigenvalue weighted by molar-refractivity contribution is -0.136. The van der Waals surface area contributed by atoms with Crippen molar-refractivity contribution in [3.8, 4) is 0 Å². The third-order valence-electron chi connectivity index (χ3n) is 5.69. The number of piperidine rings is 1. The maximum Gasteiger partial charge on any atom is 0.262 e. The standard InChI is InChI=1S/C23H20FN3O5/c1-23(2,13-4-6-14(24)7-5-13)26-19(29)12-3-8-15-16(11-12)22(32)27(21(15)31)17-9-10-18(28)25-20(17)30/h3-8,11,17H,9-10H2,1-2H3,(H,26,29)(H,25,28,30). The largest absolute Gasteiger partial charge is 0.343 e. The summed E-state index contributed by atoms with van der Waals surface area (Å²) in [5, 5.41) is 4.98. The second-order valence-electron chi connectivity index (χ2n) is 8.29. The summed E-state index contributed by atoms with van der Waals surface area (Å²) in [5.74, 6) is -3.36. The van der Waals surface area contributed by atoms with Crippen LogP contribution in [0.15, 0.2) is 42.5 Å². The summed E-state index contributed by atoms with van der Waals surface area (Å²) < 4.78 is 13.2. The molecule has 0 aliphatic carbocycles. The smallest absolute Gasteiger partial charge is 0.262 e. The summed E-state index contributed by atoms with van der Waals surface area (Å²) in [5.41, 5.74) is 0.123. The Morgan fingerprint density at radius 2 is 1.69 bits per heavy atom. The van der Waals surface area contributed by atoms with Crippen LogP contribution in [-0.2, 0) is 15.1 Å². The summed E-state index contributed by atoms with van der Waals surface area (Å²) >= 11 is 0. The van der Waals surface area contributed by atoms with Crippen LogP contribution < -0.4 is 10.6 Å². The van der Waals surface area contributed by atoms with E-state index in [1.807, 2.05) is 0 Å². The van der Waals surface area contributed by atoms with E-state index in [4.69, 9.17) is 0 Å². The molecule has 0 radical (unpaired) electrons. The predicted molar refractivity (Wildman–Crippen MR) is 110 cm³/mol. The number of hydrogen-bond donors (Lipinski definition) is 2. The van der Waals surface area contributed by atoms with Crippen LogP contribution in [0.5, 0.6) is 0 Å². The van der Waals surface area contributed by atoms with Crippen LogP contribution in [-0.4, -0.2) is 40.5 Å². The molecule has 32 heavy (non-hydrogen) atoms. The number of imide groups is 2. The summed E-state index contributed by atoms with van der Waals surface area (Å²) in [4.78, 5) is 62.9. The highest BCUT2D eigenvalue weighted by Gasteiger charge is 2.44. The fourth-order valence-electron chi connectivity index (χ4n) is 3.91. The van der Waals surface area contributed by atoms with Crippen molar-refractivity contribution in [1.29, 1.82) is 0 Å². The van der Waals surface area contributed by atoms with Crippen molar-refractivity contribution in [3.63, 3.8) is 0 Å². The fourth-order valence-corrected chi connectivity index (χ4v) is 3.91. The highest BCUT2D eigenvalue weighted by Crippen LogP contribution is 2.29.